The molecule has 3 aromatic rings. The summed E-state index contributed by atoms with van der Waals surface area (Å²) in [6, 6.07) is 9.31. The molecule has 1 atom stereocenters. The highest BCUT2D eigenvalue weighted by Crippen LogP contribution is 2.31. The van der Waals surface area contributed by atoms with Crippen LogP contribution in [0, 0.1) is 11.8 Å². The summed E-state index contributed by atoms with van der Waals surface area (Å²) in [7, 11) is 2.09. The number of fused-ring (bicyclic) bond motifs is 1. The molecule has 2 aliphatic heterocycles. The van der Waals surface area contributed by atoms with E-state index in [1.54, 1.807) is 18.2 Å². The minimum absolute atomic E-state index is 0.119. The number of piperidine rings is 1. The van der Waals surface area contributed by atoms with Crippen LogP contribution < -0.4 is 10.2 Å². The third-order valence-corrected chi connectivity index (χ3v) is 9.29. The Morgan fingerprint density at radius 2 is 1.84 bits per heavy atom. The van der Waals surface area contributed by atoms with Gasteiger partial charge in [-0.2, -0.15) is 4.98 Å². The molecule has 0 spiro atoms. The Hall–Kier alpha value is -3.18. The molecule has 1 N–H and O–H groups in total. The van der Waals surface area contributed by atoms with Crippen LogP contribution in [0.3, 0.4) is 0 Å². The quantitative estimate of drug-likeness (QED) is 0.375. The van der Waals surface area contributed by atoms with Crippen LogP contribution in [-0.4, -0.2) is 82.8 Å². The Morgan fingerprint density at radius 3 is 2.60 bits per heavy atom. The summed E-state index contributed by atoms with van der Waals surface area (Å²) >= 11 is 0. The van der Waals surface area contributed by atoms with Crippen molar-refractivity contribution in [3.8, 4) is 5.82 Å². The molecule has 1 saturated carbocycles. The van der Waals surface area contributed by atoms with Gasteiger partial charge in [0.25, 0.3) is 6.43 Å². The highest BCUT2D eigenvalue weighted by Gasteiger charge is 2.28. The van der Waals surface area contributed by atoms with Crippen LogP contribution >= 0.6 is 0 Å². The molecule has 0 radical (unpaired) electrons. The van der Waals surface area contributed by atoms with Crippen LogP contribution in [0.1, 0.15) is 69.3 Å². The summed E-state index contributed by atoms with van der Waals surface area (Å²) in [6.07, 6.45) is 6.42. The lowest BCUT2D eigenvalue weighted by Gasteiger charge is -2.33. The van der Waals surface area contributed by atoms with Gasteiger partial charge in [0.1, 0.15) is 5.82 Å². The van der Waals surface area contributed by atoms with Crippen molar-refractivity contribution in [3.63, 3.8) is 0 Å². The van der Waals surface area contributed by atoms with E-state index in [0.29, 0.717) is 55.0 Å². The number of hydrogen-bond acceptors (Lipinski definition) is 7. The van der Waals surface area contributed by atoms with Crippen molar-refractivity contribution < 1.29 is 18.3 Å². The Morgan fingerprint density at radius 1 is 1.05 bits per heavy atom. The monoisotopic (exact) mass is 595 g/mol. The number of aryl methyl sites for hydroxylation is 1. The molecule has 3 fully saturated rings. The van der Waals surface area contributed by atoms with Crippen molar-refractivity contribution in [2.24, 2.45) is 11.8 Å². The van der Waals surface area contributed by atoms with Crippen LogP contribution in [0.25, 0.3) is 16.9 Å². The minimum atomic E-state index is -2.73. The Balaban J connectivity index is 1.11. The predicted molar refractivity (Wildman–Crippen MR) is 162 cm³/mol. The molecule has 1 aliphatic carbocycles. The fourth-order valence-electron chi connectivity index (χ4n) is 6.92. The molecule has 2 aromatic heterocycles. The SMILES string of the molecule is CN1CCC[C@@H](C(=O)NC2CCC(CCCc3cc(-n4c(C(F)F)nc5ccccc54)nc(N4CCOCC4)n3)CC2)C1. The Bertz CT molecular complexity index is 1390. The lowest BCUT2D eigenvalue weighted by molar-refractivity contribution is -0.127. The summed E-state index contributed by atoms with van der Waals surface area (Å²) in [5.41, 5.74) is 1.97. The van der Waals surface area contributed by atoms with Gasteiger partial charge in [-0.25, -0.2) is 18.7 Å². The second-order valence-electron chi connectivity index (χ2n) is 12.4. The first-order valence-corrected chi connectivity index (χ1v) is 15.9. The average Bonchev–Trinajstić information content (AvgIpc) is 3.43. The number of anilines is 1. The highest BCUT2D eigenvalue weighted by atomic mass is 19.3. The molecule has 43 heavy (non-hydrogen) atoms. The lowest BCUT2D eigenvalue weighted by Crippen LogP contribution is -2.45. The number of carbonyl (C=O) groups excluding carboxylic acids is 1. The number of hydrogen-bond donors (Lipinski definition) is 1. The Kier molecular flexibility index (Phi) is 9.47. The molecule has 0 unspecified atom stereocenters. The topological polar surface area (TPSA) is 88.4 Å². The van der Waals surface area contributed by atoms with Crippen molar-refractivity contribution in [2.75, 3.05) is 51.3 Å². The predicted octanol–water partition coefficient (Wildman–Crippen LogP) is 4.93. The standard InChI is InChI=1S/C32H43F2N7O2/c1-39-15-5-7-23(21-39)31(42)35-24-13-11-22(12-14-24)6-4-8-25-20-28(38-32(36-25)40-16-18-43-19-17-40)41-27-10-3-2-9-26(27)37-30(41)29(33)34/h2-3,9-10,20,22-24,29H,4-8,11-19,21H2,1H3,(H,35,42)/t22?,23-,24?/m1/s1. The van der Waals surface area contributed by atoms with Crippen LogP contribution in [0.2, 0.25) is 0 Å². The second-order valence-corrected chi connectivity index (χ2v) is 12.4. The van der Waals surface area contributed by atoms with Gasteiger partial charge in [0.15, 0.2) is 5.82 Å². The highest BCUT2D eigenvalue weighted by molar-refractivity contribution is 5.79. The van der Waals surface area contributed by atoms with Crippen LogP contribution in [0.4, 0.5) is 14.7 Å². The van der Waals surface area contributed by atoms with E-state index in [1.807, 2.05) is 12.1 Å². The molecule has 4 heterocycles. The third kappa shape index (κ3) is 7.15. The molecule has 11 heteroatoms. The van der Waals surface area contributed by atoms with Gasteiger partial charge in [0, 0.05) is 37.4 Å². The number of morpholine rings is 1. The summed E-state index contributed by atoms with van der Waals surface area (Å²) in [5, 5.41) is 3.34. The number of nitrogens with one attached hydrogen (secondary N) is 1. The van der Waals surface area contributed by atoms with Gasteiger partial charge in [-0.05, 0) is 83.0 Å². The number of alkyl halides is 2. The maximum Gasteiger partial charge on any atom is 0.296 e. The molecule has 3 aliphatic rings. The van der Waals surface area contributed by atoms with Crippen molar-refractivity contribution >= 4 is 22.9 Å². The molecule has 2 saturated heterocycles. The van der Waals surface area contributed by atoms with Gasteiger partial charge in [-0.15, -0.1) is 0 Å². The van der Waals surface area contributed by atoms with Crippen molar-refractivity contribution in [2.45, 2.75) is 70.3 Å². The van der Waals surface area contributed by atoms with Gasteiger partial charge < -0.3 is 19.9 Å². The summed E-state index contributed by atoms with van der Waals surface area (Å²) in [4.78, 5) is 31.0. The van der Waals surface area contributed by atoms with Crippen LogP contribution in [0.15, 0.2) is 30.3 Å². The van der Waals surface area contributed by atoms with Gasteiger partial charge in [0.05, 0.1) is 30.2 Å². The summed E-state index contributed by atoms with van der Waals surface area (Å²) in [6.45, 7) is 4.43. The summed E-state index contributed by atoms with van der Waals surface area (Å²) in [5.74, 6) is 1.64. The zero-order valence-electron chi connectivity index (χ0n) is 25.1. The molecule has 1 amide bonds. The number of aromatic nitrogens is 4. The van der Waals surface area contributed by atoms with Crippen molar-refractivity contribution in [1.29, 1.82) is 0 Å². The lowest BCUT2D eigenvalue weighted by atomic mass is 9.82. The zero-order chi connectivity index (χ0) is 29.8. The van der Waals surface area contributed by atoms with E-state index in [-0.39, 0.29) is 23.7 Å². The fourth-order valence-corrected chi connectivity index (χ4v) is 6.92. The number of amides is 1. The van der Waals surface area contributed by atoms with E-state index in [9.17, 15) is 13.6 Å². The maximum atomic E-state index is 14.1. The second kappa shape index (κ2) is 13.6. The van der Waals surface area contributed by atoms with E-state index in [4.69, 9.17) is 14.7 Å². The van der Waals surface area contributed by atoms with Gasteiger partial charge in [-0.1, -0.05) is 18.6 Å². The summed E-state index contributed by atoms with van der Waals surface area (Å²) < 4.78 is 35.3. The maximum absolute atomic E-state index is 14.1. The van der Waals surface area contributed by atoms with Crippen LogP contribution in [0.5, 0.6) is 0 Å². The number of nitrogens with zero attached hydrogens (tertiary/aromatic N) is 6. The van der Waals surface area contributed by atoms with Crippen LogP contribution in [-0.2, 0) is 16.0 Å². The molecule has 232 valence electrons. The van der Waals surface area contributed by atoms with Gasteiger partial charge in [-0.3, -0.25) is 9.36 Å². The zero-order valence-corrected chi connectivity index (χ0v) is 25.1. The molecule has 1 aromatic carbocycles. The number of likely N-dealkylation sites (tertiary alicyclic amines) is 1. The first-order chi connectivity index (χ1) is 20.9. The largest absolute Gasteiger partial charge is 0.378 e. The van der Waals surface area contributed by atoms with Crippen molar-refractivity contribution in [1.82, 2.24) is 29.7 Å². The number of halogens is 2. The van der Waals surface area contributed by atoms with E-state index in [1.165, 1.54) is 4.57 Å². The molecule has 0 bridgehead atoms. The van der Waals surface area contributed by atoms with Gasteiger partial charge >= 0.3 is 0 Å². The molecular weight excluding hydrogens is 552 g/mol. The van der Waals surface area contributed by atoms with E-state index >= 15 is 0 Å². The number of ether oxygens (including phenoxy) is 1. The number of para-hydroxylation sites is 2. The third-order valence-electron chi connectivity index (χ3n) is 9.29. The smallest absolute Gasteiger partial charge is 0.296 e. The number of rotatable bonds is 9. The fraction of sp³-hybridized carbons (Fsp3) is 0.625. The van der Waals surface area contributed by atoms with E-state index < -0.39 is 6.43 Å². The molecule has 6 rings (SSSR count). The Labute approximate surface area is 252 Å². The number of carbonyl (C=O) groups is 1. The van der Waals surface area contributed by atoms with Gasteiger partial charge in [0.2, 0.25) is 11.9 Å². The minimum Gasteiger partial charge on any atom is -0.378 e. The normalized spacial score (nSPS) is 23.6. The van der Waals surface area contributed by atoms with E-state index in [2.05, 4.69) is 27.1 Å². The first-order valence-electron chi connectivity index (χ1n) is 15.9. The number of imidazole rings is 1. The van der Waals surface area contributed by atoms with Crippen molar-refractivity contribution in [3.05, 3.63) is 41.9 Å². The first kappa shape index (κ1) is 29.9. The molecular formula is C32H43F2N7O2. The van der Waals surface area contributed by atoms with E-state index in [0.717, 1.165) is 76.6 Å². The average molecular weight is 596 g/mol. The number of benzene rings is 1. The molecule has 9 nitrogen and oxygen atoms in total.